The molecule has 5 heavy (non-hydrogen) atoms. The van der Waals surface area contributed by atoms with Gasteiger partial charge in [-0.25, -0.2) is 0 Å². The van der Waals surface area contributed by atoms with Crippen molar-refractivity contribution in [3.63, 3.8) is 0 Å². The monoisotopic (exact) mass is 68.0 g/mol. The Morgan fingerprint density at radius 3 is 2.00 bits per heavy atom. The van der Waals surface area contributed by atoms with E-state index < -0.39 is 0 Å². The number of hydrogen-bond donors (Lipinski definition) is 1. The molecule has 0 saturated heterocycles. The van der Waals surface area contributed by atoms with Crippen molar-refractivity contribution in [1.82, 2.24) is 5.59 Å². The Morgan fingerprint density at radius 1 is 1.80 bits per heavy atom. The molecule has 0 aliphatic rings. The second-order valence-electron chi connectivity index (χ2n) is 0.183. The van der Waals surface area contributed by atoms with E-state index in [2.05, 4.69) is 0 Å². The molecule has 0 radical (unpaired) electrons. The van der Waals surface area contributed by atoms with Crippen molar-refractivity contribution >= 4 is 0 Å². The summed E-state index contributed by atoms with van der Waals surface area (Å²) < 4.78 is 0. The second kappa shape index (κ2) is 9.03. The normalized spacial score (nSPS) is 4.20. The predicted molar refractivity (Wildman–Crippen MR) is 12.3 cm³/mol. The smallest absolute Gasteiger partial charge is 0.742 e. The topological polar surface area (TPSA) is 64.5 Å². The molecule has 0 aliphatic heterocycles. The molecule has 0 rings (SSSR count). The maximum absolute atomic E-state index is 8.57. The molecule has 0 unspecified atom stereocenters. The summed E-state index contributed by atoms with van der Waals surface area (Å²) in [6.07, 6.45) is 0. The molecule has 0 aromatic rings. The van der Waals surface area contributed by atoms with Crippen LogP contribution in [0.2, 0.25) is 0 Å². The Hall–Kier alpha value is -0.0426. The Labute approximate surface area is 40.6 Å². The number of rotatable bonds is 1. The largest absolute Gasteiger partial charge is 1.00 e. The molecule has 0 atom stereocenters. The van der Waals surface area contributed by atoms with E-state index in [1.54, 1.807) is 5.29 Å². The summed E-state index contributed by atoms with van der Waals surface area (Å²) in [6, 6.07) is 0. The van der Waals surface area contributed by atoms with Crippen molar-refractivity contribution in [1.29, 1.82) is 0 Å². The molecule has 0 aliphatic carbocycles. The first-order chi connectivity index (χ1) is 1.91. The SMILES string of the molecule is O=NN[O-].[Li+]. The van der Waals surface area contributed by atoms with E-state index in [-0.39, 0.29) is 18.9 Å². The van der Waals surface area contributed by atoms with Crippen molar-refractivity contribution in [2.45, 2.75) is 0 Å². The zero-order valence-corrected chi connectivity index (χ0v) is 2.76. The summed E-state index contributed by atoms with van der Waals surface area (Å²) in [5, 5.41) is 10.2. The van der Waals surface area contributed by atoms with Crippen LogP contribution < -0.4 is 24.4 Å². The quantitative estimate of drug-likeness (QED) is 0.199. The molecule has 4 nitrogen and oxygen atoms in total. The minimum absolute atomic E-state index is 0. The predicted octanol–water partition coefficient (Wildman–Crippen LogP) is -3.24. The third kappa shape index (κ3) is 16.5. The molecule has 0 aromatic carbocycles. The third-order valence-corrected chi connectivity index (χ3v) is 0.0373. The summed E-state index contributed by atoms with van der Waals surface area (Å²) in [5.74, 6) is 0. The van der Waals surface area contributed by atoms with Gasteiger partial charge in [-0.3, -0.25) is 0 Å². The standard InChI is InChI=1S/Li.HN2O2/c;3-1-2-4/h;(H-,1,2,3,4)/q+1;-1. The summed E-state index contributed by atoms with van der Waals surface area (Å²) in [5.41, 5.74) is 0.750. The van der Waals surface area contributed by atoms with E-state index in [1.807, 2.05) is 0 Å². The van der Waals surface area contributed by atoms with Gasteiger partial charge in [-0.1, -0.05) is 0 Å². The molecule has 0 amide bonds. The number of nitroso groups, excluding NO2 is 1. The molecule has 0 saturated carbocycles. The molecule has 1 N–H and O–H groups in total. The van der Waals surface area contributed by atoms with Crippen LogP contribution in [0.1, 0.15) is 0 Å². The number of nitrogens with one attached hydrogen (secondary N) is 1. The Kier molecular flexibility index (Phi) is 16.0. The number of hydrogen-bond acceptors (Lipinski definition) is 3. The fourth-order valence-electron chi connectivity index (χ4n) is 0. The van der Waals surface area contributed by atoms with E-state index in [0.717, 1.165) is 5.59 Å². The van der Waals surface area contributed by atoms with Gasteiger partial charge in [0.2, 0.25) is 0 Å². The molecular formula is HLiN2O2. The molecule has 24 valence electrons. The Balaban J connectivity index is 0. The van der Waals surface area contributed by atoms with Crippen LogP contribution in [0.4, 0.5) is 0 Å². The summed E-state index contributed by atoms with van der Waals surface area (Å²) in [7, 11) is 0. The van der Waals surface area contributed by atoms with Crippen LogP contribution in [0.15, 0.2) is 5.29 Å². The average Bonchev–Trinajstić information content (AvgIpc) is 1.37. The van der Waals surface area contributed by atoms with Gasteiger partial charge in [0.15, 0.2) is 0 Å². The van der Waals surface area contributed by atoms with E-state index in [4.69, 9.17) is 10.1 Å². The molecular weight excluding hydrogens is 67.0 g/mol. The fraction of sp³-hybridized carbons (Fsp3) is 0. The van der Waals surface area contributed by atoms with Crippen molar-refractivity contribution in [3.8, 4) is 0 Å². The van der Waals surface area contributed by atoms with Crippen molar-refractivity contribution in [3.05, 3.63) is 10.1 Å². The first-order valence-electron chi connectivity index (χ1n) is 0.610. The van der Waals surface area contributed by atoms with E-state index in [1.165, 1.54) is 0 Å². The molecule has 0 aromatic heterocycles. The maximum atomic E-state index is 8.57. The van der Waals surface area contributed by atoms with E-state index >= 15 is 0 Å². The van der Waals surface area contributed by atoms with Gasteiger partial charge in [0.05, 0.1) is 0 Å². The molecule has 0 spiro atoms. The van der Waals surface area contributed by atoms with Crippen LogP contribution in [0.5, 0.6) is 0 Å². The first kappa shape index (κ1) is 8.88. The summed E-state index contributed by atoms with van der Waals surface area (Å²) in [4.78, 5) is 8.50. The molecule has 0 bridgehead atoms. The van der Waals surface area contributed by atoms with Crippen molar-refractivity contribution in [2.75, 3.05) is 0 Å². The van der Waals surface area contributed by atoms with Gasteiger partial charge >= 0.3 is 18.9 Å². The second-order valence-corrected chi connectivity index (χ2v) is 0.183. The van der Waals surface area contributed by atoms with Crippen LogP contribution in [0, 0.1) is 10.1 Å². The van der Waals surface area contributed by atoms with Gasteiger partial charge in [-0.15, -0.1) is 4.91 Å². The van der Waals surface area contributed by atoms with Crippen LogP contribution in [-0.4, -0.2) is 0 Å². The zero-order chi connectivity index (χ0) is 3.41. The van der Waals surface area contributed by atoms with Crippen molar-refractivity contribution in [2.24, 2.45) is 5.29 Å². The van der Waals surface area contributed by atoms with Crippen LogP contribution in [-0.2, 0) is 0 Å². The van der Waals surface area contributed by atoms with Gasteiger partial charge in [0, 0.05) is 5.29 Å². The Morgan fingerprint density at radius 2 is 2.00 bits per heavy atom. The van der Waals surface area contributed by atoms with Gasteiger partial charge in [-0.05, 0) is 0 Å². The van der Waals surface area contributed by atoms with Crippen LogP contribution in [0.3, 0.4) is 0 Å². The maximum Gasteiger partial charge on any atom is 1.00 e. The van der Waals surface area contributed by atoms with Crippen LogP contribution in [0.25, 0.3) is 0 Å². The fourth-order valence-corrected chi connectivity index (χ4v) is 0. The summed E-state index contributed by atoms with van der Waals surface area (Å²) >= 11 is 0. The van der Waals surface area contributed by atoms with Crippen molar-refractivity contribution < 1.29 is 18.9 Å². The molecule has 5 heteroatoms. The first-order valence-corrected chi connectivity index (χ1v) is 0.610. The summed E-state index contributed by atoms with van der Waals surface area (Å²) in [6.45, 7) is 0. The molecule has 0 heterocycles. The number of nitrogens with zero attached hydrogens (tertiary/aromatic N) is 1. The minimum Gasteiger partial charge on any atom is -0.742 e. The van der Waals surface area contributed by atoms with Gasteiger partial charge < -0.3 is 10.8 Å². The van der Waals surface area contributed by atoms with E-state index in [0.29, 0.717) is 0 Å². The van der Waals surface area contributed by atoms with Crippen LogP contribution >= 0.6 is 0 Å². The average molecular weight is 68.0 g/mol. The van der Waals surface area contributed by atoms with E-state index in [9.17, 15) is 0 Å². The minimum atomic E-state index is 0. The van der Waals surface area contributed by atoms with Gasteiger partial charge in [0.1, 0.15) is 0 Å². The van der Waals surface area contributed by atoms with Gasteiger partial charge in [0.25, 0.3) is 0 Å². The third-order valence-electron chi connectivity index (χ3n) is 0.0373. The van der Waals surface area contributed by atoms with Gasteiger partial charge in [-0.2, -0.15) is 0 Å². The molecule has 0 fully saturated rings. The Bertz CT molecular complexity index is 21.6. The zero-order valence-electron chi connectivity index (χ0n) is 2.76.